The van der Waals surface area contributed by atoms with Gasteiger partial charge in [-0.15, -0.1) is 0 Å². The number of likely N-dealkylation sites (N-methyl/N-ethyl adjacent to an activating group) is 1. The molecule has 5 rings (SSSR count). The van der Waals surface area contributed by atoms with Crippen LogP contribution in [0.4, 0.5) is 5.69 Å². The Bertz CT molecular complexity index is 1080. The van der Waals surface area contributed by atoms with Crippen LogP contribution in [0.3, 0.4) is 0 Å². The molecule has 0 atom stereocenters. The van der Waals surface area contributed by atoms with Crippen LogP contribution in [0.1, 0.15) is 18.4 Å². The van der Waals surface area contributed by atoms with Crippen molar-refractivity contribution in [2.75, 3.05) is 38.2 Å². The van der Waals surface area contributed by atoms with Crippen LogP contribution in [0, 0.1) is 0 Å². The Hall–Kier alpha value is -3.12. The SMILES string of the molecule is CN1C(=O)C2(CCN(CCOc3ccc(-c4cnn(C)c4)cc3)CC2)c2ccccc21. The normalized spacial score (nSPS) is 17.9. The Balaban J connectivity index is 1.15. The highest BCUT2D eigenvalue weighted by molar-refractivity contribution is 6.07. The third-order valence-corrected chi connectivity index (χ3v) is 6.77. The average Bonchev–Trinajstić information content (AvgIpc) is 3.32. The van der Waals surface area contributed by atoms with Crippen molar-refractivity contribution in [3.05, 3.63) is 66.5 Å². The number of para-hydroxylation sites is 1. The molecule has 3 aromatic rings. The van der Waals surface area contributed by atoms with E-state index in [0.717, 1.165) is 55.0 Å². The van der Waals surface area contributed by atoms with Gasteiger partial charge in [0.05, 0.1) is 11.6 Å². The number of aromatic nitrogens is 2. The van der Waals surface area contributed by atoms with Gasteiger partial charge in [0.15, 0.2) is 0 Å². The zero-order chi connectivity index (χ0) is 21.4. The zero-order valence-electron chi connectivity index (χ0n) is 18.1. The Morgan fingerprint density at radius 2 is 1.74 bits per heavy atom. The Labute approximate surface area is 183 Å². The standard InChI is InChI=1S/C25H28N4O2/c1-27-18-20(17-26-27)19-7-9-21(10-8-19)31-16-15-29-13-11-25(12-14-29)22-5-3-4-6-23(22)28(2)24(25)30/h3-10,17-18H,11-16H2,1-2H3. The maximum Gasteiger partial charge on any atom is 0.237 e. The van der Waals surface area contributed by atoms with Crippen LogP contribution in [0.2, 0.25) is 0 Å². The molecule has 3 heterocycles. The molecule has 0 radical (unpaired) electrons. The first kappa shape index (κ1) is 19.8. The number of hydrogen-bond acceptors (Lipinski definition) is 4. The molecule has 6 nitrogen and oxygen atoms in total. The monoisotopic (exact) mass is 416 g/mol. The predicted octanol–water partition coefficient (Wildman–Crippen LogP) is 3.48. The van der Waals surface area contributed by atoms with Crippen molar-refractivity contribution in [3.8, 4) is 16.9 Å². The van der Waals surface area contributed by atoms with Crippen LogP contribution < -0.4 is 9.64 Å². The van der Waals surface area contributed by atoms with Crippen molar-refractivity contribution < 1.29 is 9.53 Å². The summed E-state index contributed by atoms with van der Waals surface area (Å²) in [5.74, 6) is 1.13. The van der Waals surface area contributed by atoms with Crippen molar-refractivity contribution in [2.45, 2.75) is 18.3 Å². The maximum atomic E-state index is 13.1. The van der Waals surface area contributed by atoms with Gasteiger partial charge in [-0.3, -0.25) is 14.4 Å². The summed E-state index contributed by atoms with van der Waals surface area (Å²) in [6.45, 7) is 3.34. The van der Waals surface area contributed by atoms with Gasteiger partial charge in [0.2, 0.25) is 5.91 Å². The summed E-state index contributed by atoms with van der Waals surface area (Å²) in [5.41, 5.74) is 4.16. The van der Waals surface area contributed by atoms with Crippen molar-refractivity contribution >= 4 is 11.6 Å². The highest BCUT2D eigenvalue weighted by Crippen LogP contribution is 2.47. The minimum atomic E-state index is -0.342. The summed E-state index contributed by atoms with van der Waals surface area (Å²) in [6, 6.07) is 16.4. The highest BCUT2D eigenvalue weighted by atomic mass is 16.5. The first-order valence-electron chi connectivity index (χ1n) is 10.9. The number of nitrogens with zero attached hydrogens (tertiary/aromatic N) is 4. The van der Waals surface area contributed by atoms with E-state index in [0.29, 0.717) is 6.61 Å². The van der Waals surface area contributed by atoms with E-state index >= 15 is 0 Å². The van der Waals surface area contributed by atoms with Crippen LogP contribution in [-0.4, -0.2) is 53.9 Å². The number of piperidine rings is 1. The second-order valence-electron chi connectivity index (χ2n) is 8.58. The number of fused-ring (bicyclic) bond motifs is 2. The van der Waals surface area contributed by atoms with Crippen LogP contribution >= 0.6 is 0 Å². The second-order valence-corrected chi connectivity index (χ2v) is 8.58. The number of aryl methyl sites for hydroxylation is 1. The first-order chi connectivity index (χ1) is 15.1. The molecule has 2 aromatic carbocycles. The third-order valence-electron chi connectivity index (χ3n) is 6.77. The third kappa shape index (κ3) is 3.51. The van der Waals surface area contributed by atoms with E-state index in [1.807, 2.05) is 55.7 Å². The van der Waals surface area contributed by atoms with Crippen molar-refractivity contribution in [1.82, 2.24) is 14.7 Å². The van der Waals surface area contributed by atoms with Gasteiger partial charge < -0.3 is 9.64 Å². The lowest BCUT2D eigenvalue weighted by atomic mass is 9.73. The first-order valence-corrected chi connectivity index (χ1v) is 10.9. The number of ether oxygens (including phenoxy) is 1. The number of amides is 1. The van der Waals surface area contributed by atoms with E-state index in [4.69, 9.17) is 4.74 Å². The van der Waals surface area contributed by atoms with E-state index in [1.165, 1.54) is 5.56 Å². The molecule has 160 valence electrons. The predicted molar refractivity (Wildman–Crippen MR) is 121 cm³/mol. The topological polar surface area (TPSA) is 50.6 Å². The van der Waals surface area contributed by atoms with Crippen molar-refractivity contribution in [1.29, 1.82) is 0 Å². The number of carbonyl (C=O) groups is 1. The number of benzene rings is 2. The molecule has 0 saturated carbocycles. The van der Waals surface area contributed by atoms with Gasteiger partial charge in [-0.1, -0.05) is 30.3 Å². The van der Waals surface area contributed by atoms with Crippen LogP contribution in [0.25, 0.3) is 11.1 Å². The summed E-state index contributed by atoms with van der Waals surface area (Å²) in [7, 11) is 3.82. The minimum absolute atomic E-state index is 0.248. The van der Waals surface area contributed by atoms with Gasteiger partial charge in [-0.25, -0.2) is 0 Å². The molecular formula is C25H28N4O2. The van der Waals surface area contributed by atoms with Crippen molar-refractivity contribution in [3.63, 3.8) is 0 Å². The van der Waals surface area contributed by atoms with Gasteiger partial charge >= 0.3 is 0 Å². The minimum Gasteiger partial charge on any atom is -0.492 e. The molecule has 6 heteroatoms. The number of likely N-dealkylation sites (tertiary alicyclic amines) is 1. The molecule has 1 amide bonds. The van der Waals surface area contributed by atoms with Crippen LogP contribution in [0.5, 0.6) is 5.75 Å². The fraction of sp³-hybridized carbons (Fsp3) is 0.360. The van der Waals surface area contributed by atoms with E-state index in [1.54, 1.807) is 4.68 Å². The van der Waals surface area contributed by atoms with Crippen LogP contribution in [0.15, 0.2) is 60.9 Å². The molecule has 2 aliphatic heterocycles. The molecule has 1 aromatic heterocycles. The lowest BCUT2D eigenvalue weighted by molar-refractivity contribution is -0.124. The maximum absolute atomic E-state index is 13.1. The molecule has 2 aliphatic rings. The van der Waals surface area contributed by atoms with Gasteiger partial charge in [0.25, 0.3) is 0 Å². The van der Waals surface area contributed by atoms with E-state index < -0.39 is 0 Å². The fourth-order valence-corrected chi connectivity index (χ4v) is 4.96. The highest BCUT2D eigenvalue weighted by Gasteiger charge is 2.50. The van der Waals surface area contributed by atoms with Crippen LogP contribution in [-0.2, 0) is 17.3 Å². The molecule has 1 fully saturated rings. The molecule has 0 N–H and O–H groups in total. The lowest BCUT2D eigenvalue weighted by Gasteiger charge is -2.38. The summed E-state index contributed by atoms with van der Waals surface area (Å²) < 4.78 is 7.78. The molecule has 0 bridgehead atoms. The van der Waals surface area contributed by atoms with E-state index in [-0.39, 0.29) is 11.3 Å². The molecule has 31 heavy (non-hydrogen) atoms. The molecule has 0 aliphatic carbocycles. The molecular weight excluding hydrogens is 388 g/mol. The fourth-order valence-electron chi connectivity index (χ4n) is 4.96. The smallest absolute Gasteiger partial charge is 0.237 e. The van der Waals surface area contributed by atoms with E-state index in [2.05, 4.69) is 34.3 Å². The zero-order valence-corrected chi connectivity index (χ0v) is 18.1. The lowest BCUT2D eigenvalue weighted by Crippen LogP contribution is -2.48. The number of carbonyl (C=O) groups excluding carboxylic acids is 1. The Morgan fingerprint density at radius 3 is 2.45 bits per heavy atom. The van der Waals surface area contributed by atoms with Gasteiger partial charge in [-0.05, 0) is 55.3 Å². The number of anilines is 1. The summed E-state index contributed by atoms with van der Waals surface area (Å²) >= 11 is 0. The summed E-state index contributed by atoms with van der Waals surface area (Å²) in [4.78, 5) is 17.3. The average molecular weight is 417 g/mol. The van der Waals surface area contributed by atoms with Gasteiger partial charge in [0.1, 0.15) is 12.4 Å². The Morgan fingerprint density at radius 1 is 1.00 bits per heavy atom. The van der Waals surface area contributed by atoms with Gasteiger partial charge in [-0.2, -0.15) is 5.10 Å². The number of rotatable bonds is 5. The summed E-state index contributed by atoms with van der Waals surface area (Å²) in [5, 5.41) is 4.22. The number of hydrogen-bond donors (Lipinski definition) is 0. The van der Waals surface area contributed by atoms with E-state index in [9.17, 15) is 4.79 Å². The molecule has 0 unspecified atom stereocenters. The molecule has 1 spiro atoms. The van der Waals surface area contributed by atoms with Gasteiger partial charge in [0, 0.05) is 38.1 Å². The largest absolute Gasteiger partial charge is 0.492 e. The Kier molecular flexibility index (Phi) is 5.02. The second kappa shape index (κ2) is 7.85. The summed E-state index contributed by atoms with van der Waals surface area (Å²) in [6.07, 6.45) is 5.61. The quantitative estimate of drug-likeness (QED) is 0.639. The molecule has 1 saturated heterocycles. The van der Waals surface area contributed by atoms with Crippen molar-refractivity contribution in [2.24, 2.45) is 7.05 Å².